The van der Waals surface area contributed by atoms with Crippen LogP contribution in [0.2, 0.25) is 0 Å². The molecule has 0 radical (unpaired) electrons. The molecule has 2 N–H and O–H groups in total. The van der Waals surface area contributed by atoms with Crippen LogP contribution in [0.4, 0.5) is 5.82 Å². The van der Waals surface area contributed by atoms with Crippen LogP contribution in [0.1, 0.15) is 0 Å². The van der Waals surface area contributed by atoms with Crippen molar-refractivity contribution in [2.75, 3.05) is 5.73 Å². The van der Waals surface area contributed by atoms with Crippen LogP contribution < -0.4 is 5.73 Å². The van der Waals surface area contributed by atoms with Crippen LogP contribution in [0, 0.1) is 0 Å². The monoisotopic (exact) mass is 288 g/mol. The number of nitrogen functional groups attached to an aromatic ring is 1. The zero-order valence-electron chi connectivity index (χ0n) is 8.84. The average molecular weight is 289 g/mol. The van der Waals surface area contributed by atoms with Gasteiger partial charge in [0.2, 0.25) is 0 Å². The molecule has 84 valence electrons. The highest BCUT2D eigenvalue weighted by molar-refractivity contribution is 9.10. The molecule has 0 unspecified atom stereocenters. The Kier molecular flexibility index (Phi) is 2.33. The highest BCUT2D eigenvalue weighted by Crippen LogP contribution is 2.27. The molecule has 3 aromatic rings. The molecule has 0 fully saturated rings. The minimum Gasteiger partial charge on any atom is -0.384 e. The summed E-state index contributed by atoms with van der Waals surface area (Å²) in [5, 5.41) is 4.44. The van der Waals surface area contributed by atoms with Crippen LogP contribution in [0.3, 0.4) is 0 Å². The van der Waals surface area contributed by atoms with E-state index in [1.165, 1.54) is 0 Å². The van der Waals surface area contributed by atoms with Gasteiger partial charge in [-0.05, 0) is 12.1 Å². The van der Waals surface area contributed by atoms with Gasteiger partial charge in [0, 0.05) is 22.3 Å². The molecule has 1 aromatic carbocycles. The molecule has 4 nitrogen and oxygen atoms in total. The first kappa shape index (κ1) is 10.3. The molecule has 17 heavy (non-hydrogen) atoms. The van der Waals surface area contributed by atoms with Crippen LogP contribution in [0.5, 0.6) is 0 Å². The molecular weight excluding hydrogens is 280 g/mol. The second-order valence-electron chi connectivity index (χ2n) is 3.65. The first-order valence-electron chi connectivity index (χ1n) is 5.11. The van der Waals surface area contributed by atoms with Crippen LogP contribution in [0.25, 0.3) is 16.9 Å². The van der Waals surface area contributed by atoms with Crippen molar-refractivity contribution in [1.82, 2.24) is 14.6 Å². The van der Waals surface area contributed by atoms with Crippen molar-refractivity contribution in [3.8, 4) is 11.3 Å². The fraction of sp³-hybridized carbons (Fsp3) is 0. The van der Waals surface area contributed by atoms with Gasteiger partial charge in [-0.15, -0.1) is 0 Å². The summed E-state index contributed by atoms with van der Waals surface area (Å²) in [6, 6.07) is 11.6. The third-order valence-corrected chi connectivity index (χ3v) is 3.23. The molecule has 0 aliphatic rings. The van der Waals surface area contributed by atoms with Crippen LogP contribution in [-0.4, -0.2) is 14.6 Å². The van der Waals surface area contributed by atoms with E-state index >= 15 is 0 Å². The molecule has 0 bridgehead atoms. The smallest absolute Gasteiger partial charge is 0.157 e. The number of rotatable bonds is 1. The Balaban J connectivity index is 2.26. The molecule has 5 heteroatoms. The van der Waals surface area contributed by atoms with E-state index in [0.29, 0.717) is 5.82 Å². The third kappa shape index (κ3) is 1.68. The summed E-state index contributed by atoms with van der Waals surface area (Å²) in [5.41, 5.74) is 8.46. The highest BCUT2D eigenvalue weighted by atomic mass is 79.9. The number of nitrogens with zero attached hydrogens (tertiary/aromatic N) is 3. The number of hydrogen-bond acceptors (Lipinski definition) is 3. The van der Waals surface area contributed by atoms with Gasteiger partial charge >= 0.3 is 0 Å². The number of benzene rings is 1. The summed E-state index contributed by atoms with van der Waals surface area (Å²) >= 11 is 3.51. The van der Waals surface area contributed by atoms with Crippen LogP contribution >= 0.6 is 15.9 Å². The fourth-order valence-electron chi connectivity index (χ4n) is 1.71. The number of fused-ring (bicyclic) bond motifs is 1. The summed E-state index contributed by atoms with van der Waals surface area (Å²) < 4.78 is 2.64. The van der Waals surface area contributed by atoms with Gasteiger partial charge in [0.1, 0.15) is 5.82 Å². The average Bonchev–Trinajstić information content (AvgIpc) is 2.75. The summed E-state index contributed by atoms with van der Waals surface area (Å²) in [6.45, 7) is 0. The quantitative estimate of drug-likeness (QED) is 0.749. The topological polar surface area (TPSA) is 56.2 Å². The van der Waals surface area contributed by atoms with E-state index in [1.54, 1.807) is 16.8 Å². The van der Waals surface area contributed by atoms with Crippen molar-refractivity contribution in [3.63, 3.8) is 0 Å². The molecular formula is C12H9BrN4. The van der Waals surface area contributed by atoms with Crippen molar-refractivity contribution in [3.05, 3.63) is 47.1 Å². The van der Waals surface area contributed by atoms with Gasteiger partial charge in [0.25, 0.3) is 0 Å². The Hall–Kier alpha value is -1.88. The van der Waals surface area contributed by atoms with Crippen LogP contribution in [0.15, 0.2) is 47.1 Å². The third-order valence-electron chi connectivity index (χ3n) is 2.54. The normalized spacial score (nSPS) is 10.9. The first-order chi connectivity index (χ1) is 8.25. The lowest BCUT2D eigenvalue weighted by atomic mass is 10.2. The van der Waals surface area contributed by atoms with Gasteiger partial charge in [0.05, 0.1) is 5.69 Å². The highest BCUT2D eigenvalue weighted by Gasteiger charge is 2.08. The molecule has 0 atom stereocenters. The standard InChI is InChI=1S/C12H9BrN4/c13-9-4-2-1-3-8(9)10-7-12-15-6-5-11(14)17(12)16-10/h1-7H,14H2. The van der Waals surface area contributed by atoms with Crippen molar-refractivity contribution in [2.45, 2.75) is 0 Å². The Labute approximate surface area is 106 Å². The lowest BCUT2D eigenvalue weighted by Crippen LogP contribution is -1.98. The number of halogens is 1. The van der Waals surface area contributed by atoms with Gasteiger partial charge in [-0.2, -0.15) is 9.61 Å². The predicted molar refractivity (Wildman–Crippen MR) is 70.5 cm³/mol. The van der Waals surface area contributed by atoms with Crippen LogP contribution in [-0.2, 0) is 0 Å². The molecule has 0 saturated carbocycles. The van der Waals surface area contributed by atoms with E-state index in [1.807, 2.05) is 30.3 Å². The van der Waals surface area contributed by atoms with E-state index < -0.39 is 0 Å². The fourth-order valence-corrected chi connectivity index (χ4v) is 2.20. The van der Waals surface area contributed by atoms with Crippen molar-refractivity contribution in [1.29, 1.82) is 0 Å². The molecule has 0 spiro atoms. The second kappa shape index (κ2) is 3.85. The first-order valence-corrected chi connectivity index (χ1v) is 5.90. The maximum absolute atomic E-state index is 5.83. The summed E-state index contributed by atoms with van der Waals surface area (Å²) in [7, 11) is 0. The molecule has 0 amide bonds. The van der Waals surface area contributed by atoms with Crippen molar-refractivity contribution < 1.29 is 0 Å². The number of hydrogen-bond donors (Lipinski definition) is 1. The molecule has 0 aliphatic carbocycles. The molecule has 3 rings (SSSR count). The predicted octanol–water partition coefficient (Wildman–Crippen LogP) is 2.74. The summed E-state index contributed by atoms with van der Waals surface area (Å²) in [4.78, 5) is 4.22. The largest absolute Gasteiger partial charge is 0.384 e. The lowest BCUT2D eigenvalue weighted by molar-refractivity contribution is 0.956. The Morgan fingerprint density at radius 2 is 2.00 bits per heavy atom. The van der Waals surface area contributed by atoms with E-state index in [2.05, 4.69) is 26.0 Å². The van der Waals surface area contributed by atoms with Gasteiger partial charge < -0.3 is 5.73 Å². The summed E-state index contributed by atoms with van der Waals surface area (Å²) in [6.07, 6.45) is 1.68. The zero-order valence-corrected chi connectivity index (χ0v) is 10.4. The number of aromatic nitrogens is 3. The van der Waals surface area contributed by atoms with Crippen molar-refractivity contribution >= 4 is 27.4 Å². The Morgan fingerprint density at radius 3 is 2.76 bits per heavy atom. The zero-order chi connectivity index (χ0) is 11.8. The van der Waals surface area contributed by atoms with E-state index in [9.17, 15) is 0 Å². The van der Waals surface area contributed by atoms with Gasteiger partial charge in [0.15, 0.2) is 5.65 Å². The van der Waals surface area contributed by atoms with Gasteiger partial charge in [-0.25, -0.2) is 4.98 Å². The minimum absolute atomic E-state index is 0.577. The molecule has 0 aliphatic heterocycles. The Morgan fingerprint density at radius 1 is 1.18 bits per heavy atom. The maximum Gasteiger partial charge on any atom is 0.157 e. The lowest BCUT2D eigenvalue weighted by Gasteiger charge is -1.98. The van der Waals surface area contributed by atoms with Gasteiger partial charge in [-0.1, -0.05) is 34.1 Å². The minimum atomic E-state index is 0.577. The molecule has 2 heterocycles. The Bertz CT molecular complexity index is 690. The second-order valence-corrected chi connectivity index (χ2v) is 4.50. The molecule has 2 aromatic heterocycles. The van der Waals surface area contributed by atoms with Crippen molar-refractivity contribution in [2.24, 2.45) is 0 Å². The SMILES string of the molecule is Nc1ccnc2cc(-c3ccccc3Br)nn12. The van der Waals surface area contributed by atoms with E-state index in [4.69, 9.17) is 5.73 Å². The van der Waals surface area contributed by atoms with E-state index in [0.717, 1.165) is 21.4 Å². The summed E-state index contributed by atoms with van der Waals surface area (Å²) in [5.74, 6) is 0.577. The van der Waals surface area contributed by atoms with E-state index in [-0.39, 0.29) is 0 Å². The number of anilines is 1. The molecule has 0 saturated heterocycles. The number of nitrogens with two attached hydrogens (primary N) is 1. The van der Waals surface area contributed by atoms with Gasteiger partial charge in [-0.3, -0.25) is 0 Å². The maximum atomic E-state index is 5.83.